The summed E-state index contributed by atoms with van der Waals surface area (Å²) in [6.45, 7) is 5.05. The van der Waals surface area contributed by atoms with Crippen molar-refractivity contribution in [1.29, 1.82) is 0 Å². The number of carbonyl (C=O) groups excluding carboxylic acids is 1. The van der Waals surface area contributed by atoms with Crippen LogP contribution in [0.1, 0.15) is 23.6 Å². The lowest BCUT2D eigenvalue weighted by atomic mass is 10.1. The summed E-state index contributed by atoms with van der Waals surface area (Å²) in [5, 5.41) is 3.79. The van der Waals surface area contributed by atoms with Gasteiger partial charge in [-0.05, 0) is 55.8 Å². The van der Waals surface area contributed by atoms with Crippen LogP contribution < -0.4 is 15.6 Å². The van der Waals surface area contributed by atoms with Gasteiger partial charge in [-0.15, -0.1) is 0 Å². The molecule has 6 heteroatoms. The number of anilines is 1. The molecule has 0 aliphatic rings. The topological polar surface area (TPSA) is 74.4 Å². The van der Waals surface area contributed by atoms with Crippen LogP contribution in [0.15, 0.2) is 83.7 Å². The molecule has 2 amide bonds. The summed E-state index contributed by atoms with van der Waals surface area (Å²) < 4.78 is 5.59. The van der Waals surface area contributed by atoms with E-state index in [4.69, 9.17) is 4.74 Å². The number of para-hydroxylation sites is 1. The van der Waals surface area contributed by atoms with E-state index in [0.717, 1.165) is 27.8 Å². The SMILES string of the molecule is CCOc1ccc2[nH]c(=O)c(CN(Cc3ccc(C)cc3)C(=O)Nc3ccccc3)cc2c1. The Bertz CT molecular complexity index is 1300. The number of benzene rings is 3. The smallest absolute Gasteiger partial charge is 0.322 e. The molecule has 0 radical (unpaired) electrons. The zero-order valence-electron chi connectivity index (χ0n) is 18.8. The number of carbonyl (C=O) groups is 1. The monoisotopic (exact) mass is 441 g/mol. The summed E-state index contributed by atoms with van der Waals surface area (Å²) in [5.74, 6) is 0.737. The highest BCUT2D eigenvalue weighted by molar-refractivity contribution is 5.89. The van der Waals surface area contributed by atoms with Crippen LogP contribution in [0, 0.1) is 6.92 Å². The molecule has 1 heterocycles. The Kier molecular flexibility index (Phi) is 6.74. The first-order valence-electron chi connectivity index (χ1n) is 11.0. The Balaban J connectivity index is 1.65. The Morgan fingerprint density at radius 3 is 2.45 bits per heavy atom. The van der Waals surface area contributed by atoms with Crippen molar-refractivity contribution in [1.82, 2.24) is 9.88 Å². The number of hydrogen-bond donors (Lipinski definition) is 2. The second-order valence-electron chi connectivity index (χ2n) is 7.94. The van der Waals surface area contributed by atoms with E-state index in [1.165, 1.54) is 0 Å². The number of nitrogens with zero attached hydrogens (tertiary/aromatic N) is 1. The van der Waals surface area contributed by atoms with Gasteiger partial charge >= 0.3 is 6.03 Å². The van der Waals surface area contributed by atoms with Crippen LogP contribution in [-0.2, 0) is 13.1 Å². The summed E-state index contributed by atoms with van der Waals surface area (Å²) in [5.41, 5.74) is 3.85. The van der Waals surface area contributed by atoms with Gasteiger partial charge in [0.05, 0.1) is 13.2 Å². The number of aromatic nitrogens is 1. The van der Waals surface area contributed by atoms with Crippen molar-refractivity contribution in [3.8, 4) is 5.75 Å². The molecule has 0 fully saturated rings. The fourth-order valence-corrected chi connectivity index (χ4v) is 3.65. The molecule has 3 aromatic carbocycles. The van der Waals surface area contributed by atoms with E-state index in [2.05, 4.69) is 10.3 Å². The molecular formula is C27H27N3O3. The zero-order valence-corrected chi connectivity index (χ0v) is 18.8. The van der Waals surface area contributed by atoms with Crippen LogP contribution in [-0.4, -0.2) is 22.5 Å². The number of rotatable bonds is 7. The summed E-state index contributed by atoms with van der Waals surface area (Å²) in [6.07, 6.45) is 0. The Hall–Kier alpha value is -4.06. The molecular weight excluding hydrogens is 414 g/mol. The highest BCUT2D eigenvalue weighted by atomic mass is 16.5. The lowest BCUT2D eigenvalue weighted by molar-refractivity contribution is 0.206. The van der Waals surface area contributed by atoms with E-state index in [-0.39, 0.29) is 18.1 Å². The van der Waals surface area contributed by atoms with Gasteiger partial charge in [0.15, 0.2) is 0 Å². The summed E-state index contributed by atoms with van der Waals surface area (Å²) in [7, 11) is 0. The standard InChI is InChI=1S/C27H27N3O3/c1-3-33-24-13-14-25-21(16-24)15-22(26(31)29-25)18-30(17-20-11-9-19(2)10-12-20)27(32)28-23-7-5-4-6-8-23/h4-16H,3,17-18H2,1-2H3,(H,28,32)(H,29,31). The average Bonchev–Trinajstić information content (AvgIpc) is 2.81. The van der Waals surface area contributed by atoms with Gasteiger partial charge in [0, 0.05) is 28.7 Å². The summed E-state index contributed by atoms with van der Waals surface area (Å²) in [6, 6.07) is 24.4. The van der Waals surface area contributed by atoms with E-state index in [0.29, 0.717) is 24.4 Å². The number of hydrogen-bond acceptors (Lipinski definition) is 3. The van der Waals surface area contributed by atoms with Crippen molar-refractivity contribution in [2.75, 3.05) is 11.9 Å². The summed E-state index contributed by atoms with van der Waals surface area (Å²) in [4.78, 5) is 30.6. The maximum absolute atomic E-state index is 13.2. The lowest BCUT2D eigenvalue weighted by Crippen LogP contribution is -2.35. The molecule has 168 valence electrons. The van der Waals surface area contributed by atoms with E-state index in [9.17, 15) is 9.59 Å². The molecule has 0 bridgehead atoms. The first kappa shape index (κ1) is 22.1. The fourth-order valence-electron chi connectivity index (χ4n) is 3.65. The first-order chi connectivity index (χ1) is 16.0. The maximum Gasteiger partial charge on any atom is 0.322 e. The summed E-state index contributed by atoms with van der Waals surface area (Å²) >= 11 is 0. The van der Waals surface area contributed by atoms with Crippen LogP contribution in [0.3, 0.4) is 0 Å². The number of H-pyrrole nitrogens is 1. The predicted molar refractivity (Wildman–Crippen MR) is 132 cm³/mol. The minimum absolute atomic E-state index is 0.163. The third kappa shape index (κ3) is 5.60. The number of pyridine rings is 1. The molecule has 0 aliphatic heterocycles. The number of fused-ring (bicyclic) bond motifs is 1. The number of aryl methyl sites for hydroxylation is 1. The van der Waals surface area contributed by atoms with Gasteiger partial charge in [-0.2, -0.15) is 0 Å². The van der Waals surface area contributed by atoms with Gasteiger partial charge in [0.2, 0.25) is 0 Å². The highest BCUT2D eigenvalue weighted by Crippen LogP contribution is 2.20. The molecule has 4 aromatic rings. The molecule has 1 aromatic heterocycles. The quantitative estimate of drug-likeness (QED) is 0.399. The van der Waals surface area contributed by atoms with Gasteiger partial charge in [0.1, 0.15) is 5.75 Å². The normalized spacial score (nSPS) is 10.7. The molecule has 0 saturated carbocycles. The Labute approximate surface area is 192 Å². The molecule has 6 nitrogen and oxygen atoms in total. The Morgan fingerprint density at radius 1 is 0.970 bits per heavy atom. The maximum atomic E-state index is 13.2. The first-order valence-corrected chi connectivity index (χ1v) is 11.0. The van der Waals surface area contributed by atoms with Gasteiger partial charge in [-0.1, -0.05) is 48.0 Å². The van der Waals surface area contributed by atoms with Gasteiger partial charge in [-0.3, -0.25) is 4.79 Å². The number of ether oxygens (including phenoxy) is 1. The number of aromatic amines is 1. The van der Waals surface area contributed by atoms with E-state index in [1.54, 1.807) is 4.90 Å². The van der Waals surface area contributed by atoms with Crippen molar-refractivity contribution in [2.45, 2.75) is 26.9 Å². The molecule has 33 heavy (non-hydrogen) atoms. The van der Waals surface area contributed by atoms with E-state index >= 15 is 0 Å². The largest absolute Gasteiger partial charge is 0.494 e. The van der Waals surface area contributed by atoms with Crippen LogP contribution in [0.4, 0.5) is 10.5 Å². The molecule has 0 atom stereocenters. The van der Waals surface area contributed by atoms with Crippen LogP contribution in [0.25, 0.3) is 10.9 Å². The van der Waals surface area contributed by atoms with E-state index < -0.39 is 0 Å². The average molecular weight is 442 g/mol. The van der Waals surface area contributed by atoms with Crippen LogP contribution in [0.5, 0.6) is 5.75 Å². The molecule has 0 saturated heterocycles. The number of amides is 2. The highest BCUT2D eigenvalue weighted by Gasteiger charge is 2.17. The molecule has 0 unspecified atom stereocenters. The fraction of sp³-hybridized carbons (Fsp3) is 0.185. The van der Waals surface area contributed by atoms with Crippen LogP contribution in [0.2, 0.25) is 0 Å². The predicted octanol–water partition coefficient (Wildman–Crippen LogP) is 5.47. The van der Waals surface area contributed by atoms with Crippen molar-refractivity contribution < 1.29 is 9.53 Å². The van der Waals surface area contributed by atoms with E-state index in [1.807, 2.05) is 92.7 Å². The van der Waals surface area contributed by atoms with Crippen molar-refractivity contribution in [2.24, 2.45) is 0 Å². The minimum Gasteiger partial charge on any atom is -0.494 e. The minimum atomic E-state index is -0.274. The van der Waals surface area contributed by atoms with Crippen molar-refractivity contribution in [3.05, 3.63) is 106 Å². The van der Waals surface area contributed by atoms with Crippen LogP contribution >= 0.6 is 0 Å². The molecule has 0 spiro atoms. The third-order valence-corrected chi connectivity index (χ3v) is 5.37. The Morgan fingerprint density at radius 2 is 1.73 bits per heavy atom. The second-order valence-corrected chi connectivity index (χ2v) is 7.94. The molecule has 2 N–H and O–H groups in total. The number of nitrogens with one attached hydrogen (secondary N) is 2. The van der Waals surface area contributed by atoms with Crippen molar-refractivity contribution in [3.63, 3.8) is 0 Å². The zero-order chi connectivity index (χ0) is 23.2. The second kappa shape index (κ2) is 10.0. The van der Waals surface area contributed by atoms with Gasteiger partial charge in [0.25, 0.3) is 5.56 Å². The molecule has 0 aliphatic carbocycles. The van der Waals surface area contributed by atoms with Gasteiger partial charge < -0.3 is 19.9 Å². The van der Waals surface area contributed by atoms with Crippen molar-refractivity contribution >= 4 is 22.6 Å². The third-order valence-electron chi connectivity index (χ3n) is 5.37. The van der Waals surface area contributed by atoms with Gasteiger partial charge in [-0.25, -0.2) is 4.79 Å². The number of urea groups is 1. The lowest BCUT2D eigenvalue weighted by Gasteiger charge is -2.23. The molecule has 4 rings (SSSR count).